The van der Waals surface area contributed by atoms with E-state index in [4.69, 9.17) is 14.6 Å². The first kappa shape index (κ1) is 23.7. The normalized spacial score (nSPS) is 19.5. The topological polar surface area (TPSA) is 91.8 Å². The Morgan fingerprint density at radius 1 is 1.29 bits per heavy atom. The van der Waals surface area contributed by atoms with Crippen LogP contribution in [0.3, 0.4) is 0 Å². The summed E-state index contributed by atoms with van der Waals surface area (Å²) in [6.07, 6.45) is -2.22. The van der Waals surface area contributed by atoms with Gasteiger partial charge >= 0.3 is 6.18 Å². The number of aliphatic hydroxyl groups is 1. The average Bonchev–Trinajstić information content (AvgIpc) is 3.21. The molecule has 0 radical (unpaired) electrons. The Hall–Kier alpha value is -3.48. The quantitative estimate of drug-likeness (QED) is 0.449. The number of anilines is 1. The number of aromatic nitrogens is 2. The standard InChI is InChI=1S/C21H18F6N4O3/c1-10(21(25,26)27)12-6-29-18-16(12)15(2-3-28-18)34-17-13(22)4-11(5-14(17)23)31-19-30-7-20(24,8-32)9-33-19/h2-6,10,32H,7-9H2,1H3,(H,28,29)(H,30,31)/t10?,20-/m1/s1. The molecule has 0 amide bonds. The SMILES string of the molecule is CC(c1c[nH]c2nccc(Oc3c(F)cc(NC4=NC[C@@](F)(CO)CO4)cc3F)c12)C(F)(F)F. The molecule has 0 saturated carbocycles. The van der Waals surface area contributed by atoms with E-state index in [9.17, 15) is 26.3 Å². The van der Waals surface area contributed by atoms with Crippen molar-refractivity contribution in [1.29, 1.82) is 0 Å². The Balaban J connectivity index is 1.62. The number of pyridine rings is 1. The third kappa shape index (κ3) is 4.60. The van der Waals surface area contributed by atoms with Crippen molar-refractivity contribution in [1.82, 2.24) is 9.97 Å². The van der Waals surface area contributed by atoms with Crippen molar-refractivity contribution >= 4 is 22.7 Å². The number of hydrogen-bond donors (Lipinski definition) is 3. The molecule has 0 bridgehead atoms. The van der Waals surface area contributed by atoms with Gasteiger partial charge in [0.1, 0.15) is 18.0 Å². The minimum absolute atomic E-state index is 0.0574. The van der Waals surface area contributed by atoms with Gasteiger partial charge in [0, 0.05) is 30.2 Å². The van der Waals surface area contributed by atoms with Gasteiger partial charge in [-0.25, -0.2) is 23.1 Å². The lowest BCUT2D eigenvalue weighted by Crippen LogP contribution is -2.43. The monoisotopic (exact) mass is 488 g/mol. The van der Waals surface area contributed by atoms with E-state index in [2.05, 4.69) is 20.3 Å². The fourth-order valence-electron chi connectivity index (χ4n) is 3.29. The number of amidine groups is 1. The van der Waals surface area contributed by atoms with Gasteiger partial charge in [0.2, 0.25) is 0 Å². The third-order valence-corrected chi connectivity index (χ3v) is 5.24. The summed E-state index contributed by atoms with van der Waals surface area (Å²) in [6.45, 7) is -0.767. The number of aliphatic imine (C=N–C) groups is 1. The van der Waals surface area contributed by atoms with Crippen molar-refractivity contribution in [3.63, 3.8) is 0 Å². The number of H-pyrrole nitrogens is 1. The molecule has 1 aromatic carbocycles. The van der Waals surface area contributed by atoms with Crippen LogP contribution in [0.25, 0.3) is 11.0 Å². The molecule has 34 heavy (non-hydrogen) atoms. The molecular weight excluding hydrogens is 470 g/mol. The van der Waals surface area contributed by atoms with E-state index in [0.717, 1.165) is 25.3 Å². The number of hydrogen-bond acceptors (Lipinski definition) is 6. The van der Waals surface area contributed by atoms with Crippen LogP contribution in [0.1, 0.15) is 18.4 Å². The fraction of sp³-hybridized carbons (Fsp3) is 0.333. The van der Waals surface area contributed by atoms with Crippen LogP contribution in [-0.4, -0.2) is 52.7 Å². The van der Waals surface area contributed by atoms with Gasteiger partial charge in [-0.15, -0.1) is 0 Å². The summed E-state index contributed by atoms with van der Waals surface area (Å²) in [5, 5.41) is 11.4. The molecule has 1 unspecified atom stereocenters. The van der Waals surface area contributed by atoms with E-state index in [1.807, 2.05) is 0 Å². The van der Waals surface area contributed by atoms with Gasteiger partial charge in [-0.1, -0.05) is 0 Å². The van der Waals surface area contributed by atoms with Crippen LogP contribution >= 0.6 is 0 Å². The molecule has 0 spiro atoms. The molecule has 3 heterocycles. The molecule has 182 valence electrons. The summed E-state index contributed by atoms with van der Waals surface area (Å²) >= 11 is 0. The number of alkyl halides is 4. The fourth-order valence-corrected chi connectivity index (χ4v) is 3.29. The number of benzene rings is 1. The van der Waals surface area contributed by atoms with E-state index in [1.54, 1.807) is 0 Å². The maximum Gasteiger partial charge on any atom is 0.395 e. The van der Waals surface area contributed by atoms with Gasteiger partial charge < -0.3 is 24.9 Å². The lowest BCUT2D eigenvalue weighted by molar-refractivity contribution is -0.146. The van der Waals surface area contributed by atoms with Crippen molar-refractivity contribution in [2.45, 2.75) is 24.7 Å². The van der Waals surface area contributed by atoms with E-state index in [0.29, 0.717) is 0 Å². The summed E-state index contributed by atoms with van der Waals surface area (Å²) in [7, 11) is 0. The molecular formula is C21H18F6N4O3. The first-order chi connectivity index (χ1) is 16.0. The van der Waals surface area contributed by atoms with Crippen molar-refractivity contribution < 1.29 is 40.9 Å². The van der Waals surface area contributed by atoms with Crippen LogP contribution in [0.4, 0.5) is 32.0 Å². The Bertz CT molecular complexity index is 1220. The zero-order valence-corrected chi connectivity index (χ0v) is 17.5. The first-order valence-electron chi connectivity index (χ1n) is 9.94. The summed E-state index contributed by atoms with van der Waals surface area (Å²) < 4.78 is 93.6. The molecule has 1 aliphatic heterocycles. The molecule has 7 nitrogen and oxygen atoms in total. The van der Waals surface area contributed by atoms with Gasteiger partial charge in [-0.2, -0.15) is 13.2 Å². The molecule has 4 rings (SSSR count). The van der Waals surface area contributed by atoms with Crippen LogP contribution in [-0.2, 0) is 4.74 Å². The highest BCUT2D eigenvalue weighted by atomic mass is 19.4. The zero-order chi connectivity index (χ0) is 24.7. The molecule has 13 heteroatoms. The summed E-state index contributed by atoms with van der Waals surface area (Å²) in [6, 6.07) is 2.69. The summed E-state index contributed by atoms with van der Waals surface area (Å²) in [4.78, 5) is 10.3. The largest absolute Gasteiger partial charge is 0.461 e. The van der Waals surface area contributed by atoms with E-state index >= 15 is 0 Å². The number of nitrogens with zero attached hydrogens (tertiary/aromatic N) is 2. The summed E-state index contributed by atoms with van der Waals surface area (Å²) in [5.74, 6) is -5.29. The Morgan fingerprint density at radius 3 is 2.59 bits per heavy atom. The molecule has 2 aromatic heterocycles. The van der Waals surface area contributed by atoms with E-state index in [-0.39, 0.29) is 34.1 Å². The molecule has 3 N–H and O–H groups in total. The van der Waals surface area contributed by atoms with Crippen LogP contribution < -0.4 is 10.1 Å². The number of aliphatic hydroxyl groups excluding tert-OH is 1. The molecule has 0 saturated heterocycles. The number of nitrogens with one attached hydrogen (secondary N) is 2. The molecule has 3 aromatic rings. The second kappa shape index (κ2) is 8.70. The molecule has 0 aliphatic carbocycles. The van der Waals surface area contributed by atoms with Crippen molar-refractivity contribution in [3.8, 4) is 11.5 Å². The van der Waals surface area contributed by atoms with E-state index < -0.39 is 54.9 Å². The van der Waals surface area contributed by atoms with Crippen LogP contribution in [0, 0.1) is 11.6 Å². The lowest BCUT2D eigenvalue weighted by atomic mass is 10.0. The van der Waals surface area contributed by atoms with Crippen LogP contribution in [0.5, 0.6) is 11.5 Å². The number of rotatable bonds is 5. The third-order valence-electron chi connectivity index (χ3n) is 5.24. The Labute approximate surface area is 188 Å². The van der Waals surface area contributed by atoms with Crippen molar-refractivity contribution in [2.75, 3.05) is 25.1 Å². The lowest BCUT2D eigenvalue weighted by Gasteiger charge is -2.26. The van der Waals surface area contributed by atoms with E-state index in [1.165, 1.54) is 12.3 Å². The smallest absolute Gasteiger partial charge is 0.395 e. The minimum Gasteiger partial charge on any atom is -0.461 e. The van der Waals surface area contributed by atoms with Gasteiger partial charge in [0.05, 0.1) is 24.5 Å². The highest BCUT2D eigenvalue weighted by Crippen LogP contribution is 2.42. The van der Waals surface area contributed by atoms with Crippen molar-refractivity contribution in [3.05, 3.63) is 47.8 Å². The van der Waals surface area contributed by atoms with Crippen molar-refractivity contribution in [2.24, 2.45) is 4.99 Å². The van der Waals surface area contributed by atoms with Crippen LogP contribution in [0.2, 0.25) is 0 Å². The number of aromatic amines is 1. The highest BCUT2D eigenvalue weighted by Gasteiger charge is 2.39. The predicted octanol–water partition coefficient (Wildman–Crippen LogP) is 4.80. The number of fused-ring (bicyclic) bond motifs is 1. The maximum atomic E-state index is 14.7. The molecule has 0 fully saturated rings. The van der Waals surface area contributed by atoms with Gasteiger partial charge in [-0.3, -0.25) is 0 Å². The van der Waals surface area contributed by atoms with Gasteiger partial charge in [0.15, 0.2) is 23.1 Å². The maximum absolute atomic E-state index is 14.7. The molecule has 1 aliphatic rings. The minimum atomic E-state index is -4.56. The Morgan fingerprint density at radius 2 is 2.00 bits per heavy atom. The zero-order valence-electron chi connectivity index (χ0n) is 17.5. The second-order valence-electron chi connectivity index (χ2n) is 7.76. The average molecular weight is 488 g/mol. The number of ether oxygens (including phenoxy) is 2. The predicted molar refractivity (Wildman–Crippen MR) is 110 cm³/mol. The van der Waals surface area contributed by atoms with Gasteiger partial charge in [-0.05, 0) is 18.6 Å². The Kier molecular flexibility index (Phi) is 6.06. The molecule has 2 atom stereocenters. The highest BCUT2D eigenvalue weighted by molar-refractivity contribution is 5.90. The second-order valence-corrected chi connectivity index (χ2v) is 7.76. The summed E-state index contributed by atoms with van der Waals surface area (Å²) in [5.41, 5.74) is -2.31. The van der Waals surface area contributed by atoms with Gasteiger partial charge in [0.25, 0.3) is 6.02 Å². The number of halogens is 6. The van der Waals surface area contributed by atoms with Crippen LogP contribution in [0.15, 0.2) is 35.6 Å². The first-order valence-corrected chi connectivity index (χ1v) is 9.94.